The van der Waals surface area contributed by atoms with Crippen molar-refractivity contribution < 1.29 is 0 Å². The van der Waals surface area contributed by atoms with E-state index in [9.17, 15) is 0 Å². The molecule has 1 aliphatic rings. The minimum atomic E-state index is 0.699. The molecular formula is C13H28N2. The smallest absolute Gasteiger partial charge is 0.0248 e. The van der Waals surface area contributed by atoms with E-state index in [4.69, 9.17) is 0 Å². The summed E-state index contributed by atoms with van der Waals surface area (Å²) in [5, 5.41) is 3.49. The summed E-state index contributed by atoms with van der Waals surface area (Å²) in [6, 6.07) is 1.44. The summed E-state index contributed by atoms with van der Waals surface area (Å²) >= 11 is 0. The highest BCUT2D eigenvalue weighted by molar-refractivity contribution is 4.90. The summed E-state index contributed by atoms with van der Waals surface area (Å²) in [5.74, 6) is 1.77. The van der Waals surface area contributed by atoms with E-state index >= 15 is 0 Å². The van der Waals surface area contributed by atoms with E-state index < -0.39 is 0 Å². The molecule has 1 saturated carbocycles. The Hall–Kier alpha value is -0.0800. The highest BCUT2D eigenvalue weighted by Crippen LogP contribution is 2.32. The van der Waals surface area contributed by atoms with Gasteiger partial charge in [-0.15, -0.1) is 0 Å². The van der Waals surface area contributed by atoms with E-state index in [1.54, 1.807) is 0 Å². The van der Waals surface area contributed by atoms with Crippen molar-refractivity contribution >= 4 is 0 Å². The Morgan fingerprint density at radius 3 is 2.47 bits per heavy atom. The van der Waals surface area contributed by atoms with Crippen molar-refractivity contribution in [2.75, 3.05) is 20.6 Å². The van der Waals surface area contributed by atoms with Gasteiger partial charge in [0.1, 0.15) is 0 Å². The average Bonchev–Trinajstić information content (AvgIpc) is 2.27. The topological polar surface area (TPSA) is 15.3 Å². The van der Waals surface area contributed by atoms with Crippen molar-refractivity contribution in [2.45, 2.75) is 52.1 Å². The van der Waals surface area contributed by atoms with Crippen LogP contribution in [0.3, 0.4) is 0 Å². The van der Waals surface area contributed by atoms with Crippen LogP contribution in [0.4, 0.5) is 0 Å². The molecule has 3 unspecified atom stereocenters. The molecule has 0 aromatic carbocycles. The first-order valence-electron chi connectivity index (χ1n) is 6.47. The van der Waals surface area contributed by atoms with Crippen LogP contribution in [0.2, 0.25) is 0 Å². The number of rotatable bonds is 4. The Labute approximate surface area is 95.4 Å². The molecule has 0 aromatic rings. The maximum atomic E-state index is 3.49. The van der Waals surface area contributed by atoms with Gasteiger partial charge in [-0.2, -0.15) is 0 Å². The minimum Gasteiger partial charge on any atom is -0.315 e. The predicted octanol–water partition coefficient (Wildman–Crippen LogP) is 2.35. The summed E-state index contributed by atoms with van der Waals surface area (Å²) in [5.41, 5.74) is 0. The zero-order valence-corrected chi connectivity index (χ0v) is 11.1. The molecule has 3 atom stereocenters. The van der Waals surface area contributed by atoms with Crippen molar-refractivity contribution in [3.05, 3.63) is 0 Å². The first-order chi connectivity index (χ1) is 7.10. The van der Waals surface area contributed by atoms with Crippen molar-refractivity contribution in [1.29, 1.82) is 0 Å². The summed E-state index contributed by atoms with van der Waals surface area (Å²) in [7, 11) is 4.37. The third-order valence-corrected chi connectivity index (χ3v) is 4.24. The van der Waals surface area contributed by atoms with Gasteiger partial charge in [0.15, 0.2) is 0 Å². The second-order valence-electron chi connectivity index (χ2n) is 5.35. The molecule has 1 fully saturated rings. The summed E-state index contributed by atoms with van der Waals surface area (Å²) < 4.78 is 0. The second-order valence-corrected chi connectivity index (χ2v) is 5.35. The number of hydrogen-bond acceptors (Lipinski definition) is 2. The lowest BCUT2D eigenvalue weighted by Gasteiger charge is -2.42. The highest BCUT2D eigenvalue weighted by atomic mass is 15.2. The Bertz CT molecular complexity index is 179. The Morgan fingerprint density at radius 2 is 2.00 bits per heavy atom. The van der Waals surface area contributed by atoms with Gasteiger partial charge in [0.05, 0.1) is 0 Å². The van der Waals surface area contributed by atoms with Crippen molar-refractivity contribution in [2.24, 2.45) is 11.8 Å². The number of nitrogens with zero attached hydrogens (tertiary/aromatic N) is 1. The van der Waals surface area contributed by atoms with Crippen LogP contribution in [0, 0.1) is 11.8 Å². The van der Waals surface area contributed by atoms with Crippen LogP contribution in [-0.2, 0) is 0 Å². The summed E-state index contributed by atoms with van der Waals surface area (Å²) in [4.78, 5) is 2.51. The van der Waals surface area contributed by atoms with Gasteiger partial charge >= 0.3 is 0 Å². The normalized spacial score (nSPS) is 32.6. The van der Waals surface area contributed by atoms with Crippen LogP contribution < -0.4 is 5.32 Å². The number of nitrogens with one attached hydrogen (secondary N) is 1. The van der Waals surface area contributed by atoms with E-state index in [1.807, 2.05) is 0 Å². The minimum absolute atomic E-state index is 0.699. The molecule has 2 heteroatoms. The largest absolute Gasteiger partial charge is 0.315 e. The first-order valence-corrected chi connectivity index (χ1v) is 6.47. The van der Waals surface area contributed by atoms with Crippen LogP contribution in [0.25, 0.3) is 0 Å². The molecule has 0 aliphatic heterocycles. The average molecular weight is 212 g/mol. The van der Waals surface area contributed by atoms with Gasteiger partial charge < -0.3 is 10.2 Å². The SMILES string of the molecule is CCN(C)C1CC(C(C)C)CCC1NC. The molecule has 0 saturated heterocycles. The monoisotopic (exact) mass is 212 g/mol. The quantitative estimate of drug-likeness (QED) is 0.769. The van der Waals surface area contributed by atoms with Crippen LogP contribution in [0.15, 0.2) is 0 Å². The second kappa shape index (κ2) is 5.86. The van der Waals surface area contributed by atoms with Crippen LogP contribution in [0.1, 0.15) is 40.0 Å². The van der Waals surface area contributed by atoms with Crippen molar-refractivity contribution in [1.82, 2.24) is 10.2 Å². The fourth-order valence-corrected chi connectivity index (χ4v) is 2.84. The molecule has 0 spiro atoms. The van der Waals surface area contributed by atoms with Gasteiger partial charge in [0, 0.05) is 12.1 Å². The lowest BCUT2D eigenvalue weighted by atomic mass is 9.76. The predicted molar refractivity (Wildman–Crippen MR) is 67.1 cm³/mol. The molecule has 0 heterocycles. The standard InChI is InChI=1S/C13H28N2/c1-6-15(5)13-9-11(10(2)3)7-8-12(13)14-4/h10-14H,6-9H2,1-5H3. The van der Waals surface area contributed by atoms with Crippen LogP contribution in [0.5, 0.6) is 0 Å². The summed E-state index contributed by atoms with van der Waals surface area (Å²) in [6.45, 7) is 8.15. The van der Waals surface area contributed by atoms with Crippen LogP contribution >= 0.6 is 0 Å². The molecule has 1 N–H and O–H groups in total. The van der Waals surface area contributed by atoms with E-state index in [0.717, 1.165) is 24.4 Å². The maximum Gasteiger partial charge on any atom is 0.0248 e. The molecule has 15 heavy (non-hydrogen) atoms. The van der Waals surface area contributed by atoms with Gasteiger partial charge in [-0.3, -0.25) is 0 Å². The molecule has 0 bridgehead atoms. The molecule has 0 aromatic heterocycles. The third-order valence-electron chi connectivity index (χ3n) is 4.24. The van der Waals surface area contributed by atoms with Gasteiger partial charge in [0.25, 0.3) is 0 Å². The van der Waals surface area contributed by atoms with Crippen LogP contribution in [-0.4, -0.2) is 37.6 Å². The molecular weight excluding hydrogens is 184 g/mol. The maximum absolute atomic E-state index is 3.49. The van der Waals surface area contributed by atoms with Crippen molar-refractivity contribution in [3.63, 3.8) is 0 Å². The van der Waals surface area contributed by atoms with E-state index in [0.29, 0.717) is 6.04 Å². The number of likely N-dealkylation sites (N-methyl/N-ethyl adjacent to an activating group) is 2. The molecule has 2 nitrogen and oxygen atoms in total. The highest BCUT2D eigenvalue weighted by Gasteiger charge is 2.32. The van der Waals surface area contributed by atoms with E-state index in [-0.39, 0.29) is 0 Å². The molecule has 90 valence electrons. The van der Waals surface area contributed by atoms with Gasteiger partial charge in [-0.1, -0.05) is 20.8 Å². The van der Waals surface area contributed by atoms with Gasteiger partial charge in [-0.05, 0) is 51.7 Å². The first kappa shape index (κ1) is 13.0. The Morgan fingerprint density at radius 1 is 1.33 bits per heavy atom. The lowest BCUT2D eigenvalue weighted by molar-refractivity contribution is 0.110. The fraction of sp³-hybridized carbons (Fsp3) is 1.00. The molecule has 0 amide bonds. The fourth-order valence-electron chi connectivity index (χ4n) is 2.84. The zero-order valence-electron chi connectivity index (χ0n) is 11.1. The van der Waals surface area contributed by atoms with E-state index in [2.05, 4.69) is 45.1 Å². The molecule has 1 rings (SSSR count). The van der Waals surface area contributed by atoms with E-state index in [1.165, 1.54) is 19.3 Å². The molecule has 0 radical (unpaired) electrons. The lowest BCUT2D eigenvalue weighted by Crippen LogP contribution is -2.51. The third kappa shape index (κ3) is 3.18. The zero-order chi connectivity index (χ0) is 11.4. The molecule has 1 aliphatic carbocycles. The van der Waals surface area contributed by atoms with Gasteiger partial charge in [0.2, 0.25) is 0 Å². The summed E-state index contributed by atoms with van der Waals surface area (Å²) in [6.07, 6.45) is 4.11. The Balaban J connectivity index is 2.60. The Kier molecular flexibility index (Phi) is 5.07. The van der Waals surface area contributed by atoms with Gasteiger partial charge in [-0.25, -0.2) is 0 Å². The van der Waals surface area contributed by atoms with Crippen molar-refractivity contribution in [3.8, 4) is 0 Å². The number of hydrogen-bond donors (Lipinski definition) is 1.